The van der Waals surface area contributed by atoms with Crippen LogP contribution in [0.15, 0.2) is 12.1 Å². The lowest BCUT2D eigenvalue weighted by atomic mass is 10.2. The van der Waals surface area contributed by atoms with Gasteiger partial charge in [0.25, 0.3) is 0 Å². The molecule has 1 amide bonds. The molecule has 1 saturated carbocycles. The molecular weight excluding hydrogens is 288 g/mol. The molecule has 3 atom stereocenters. The van der Waals surface area contributed by atoms with Crippen molar-refractivity contribution in [2.24, 2.45) is 0 Å². The summed E-state index contributed by atoms with van der Waals surface area (Å²) in [5.41, 5.74) is 0. The molecule has 2 aliphatic rings. The lowest BCUT2D eigenvalue weighted by Gasteiger charge is -2.33. The van der Waals surface area contributed by atoms with Crippen LogP contribution in [0.25, 0.3) is 0 Å². The Morgan fingerprint density at radius 1 is 1.45 bits per heavy atom. The van der Waals surface area contributed by atoms with Crippen molar-refractivity contribution in [2.45, 2.75) is 50.6 Å². The van der Waals surface area contributed by atoms with Crippen LogP contribution in [0.4, 0.5) is 0 Å². The molecule has 20 heavy (non-hydrogen) atoms. The van der Waals surface area contributed by atoms with Crippen molar-refractivity contribution in [1.82, 2.24) is 10.2 Å². The van der Waals surface area contributed by atoms with E-state index >= 15 is 0 Å². The van der Waals surface area contributed by atoms with E-state index in [0.717, 1.165) is 12.2 Å². The highest BCUT2D eigenvalue weighted by Gasteiger charge is 2.42. The minimum atomic E-state index is 0.101. The minimum Gasteiger partial charge on any atom is -0.317 e. The standard InChI is InChI=1S/C15H22N2OS2/c1-3-19-12-6-4-5-11(12)17-14(18)9-16-15(17)13-8-7-10(2)20-13/h7-8,11-12,15-16H,3-6,9H2,1-2H3. The molecule has 5 heteroatoms. The Hall–Kier alpha value is -0.520. The van der Waals surface area contributed by atoms with Crippen molar-refractivity contribution < 1.29 is 4.79 Å². The van der Waals surface area contributed by atoms with Gasteiger partial charge >= 0.3 is 0 Å². The Balaban J connectivity index is 1.83. The van der Waals surface area contributed by atoms with E-state index in [9.17, 15) is 4.79 Å². The van der Waals surface area contributed by atoms with Gasteiger partial charge in [-0.3, -0.25) is 10.1 Å². The van der Waals surface area contributed by atoms with E-state index in [1.54, 1.807) is 11.3 Å². The SMILES string of the molecule is CCSC1CCCC1N1C(=O)CNC1c1ccc(C)s1. The smallest absolute Gasteiger partial charge is 0.238 e. The predicted octanol–water partition coefficient (Wildman–Crippen LogP) is 3.16. The maximum Gasteiger partial charge on any atom is 0.238 e. The lowest BCUT2D eigenvalue weighted by molar-refractivity contribution is -0.130. The van der Waals surface area contributed by atoms with Crippen molar-refractivity contribution >= 4 is 29.0 Å². The van der Waals surface area contributed by atoms with Crippen LogP contribution in [0.3, 0.4) is 0 Å². The van der Waals surface area contributed by atoms with Gasteiger partial charge in [0.1, 0.15) is 6.17 Å². The molecule has 110 valence electrons. The number of nitrogens with zero attached hydrogens (tertiary/aromatic N) is 1. The molecule has 0 aromatic carbocycles. The molecule has 1 aliphatic carbocycles. The second kappa shape index (κ2) is 6.08. The molecule has 0 radical (unpaired) electrons. The summed E-state index contributed by atoms with van der Waals surface area (Å²) in [7, 11) is 0. The first-order valence-corrected chi connectivity index (χ1v) is 9.29. The van der Waals surface area contributed by atoms with Gasteiger partial charge in [0.05, 0.1) is 6.54 Å². The average molecular weight is 310 g/mol. The first-order valence-electron chi connectivity index (χ1n) is 7.43. The number of hydrogen-bond acceptors (Lipinski definition) is 4. The fraction of sp³-hybridized carbons (Fsp3) is 0.667. The fourth-order valence-corrected chi connectivity index (χ4v) is 5.57. The highest BCUT2D eigenvalue weighted by atomic mass is 32.2. The Bertz CT molecular complexity index is 488. The third-order valence-electron chi connectivity index (χ3n) is 4.20. The highest BCUT2D eigenvalue weighted by Crippen LogP contribution is 2.39. The highest BCUT2D eigenvalue weighted by molar-refractivity contribution is 7.99. The van der Waals surface area contributed by atoms with Crippen molar-refractivity contribution in [3.8, 4) is 0 Å². The maximum absolute atomic E-state index is 12.4. The number of nitrogens with one attached hydrogen (secondary N) is 1. The fourth-order valence-electron chi connectivity index (χ4n) is 3.37. The molecule has 2 fully saturated rings. The molecule has 3 rings (SSSR count). The van der Waals surface area contributed by atoms with E-state index in [1.165, 1.54) is 22.6 Å². The molecule has 0 spiro atoms. The van der Waals surface area contributed by atoms with Crippen LogP contribution in [-0.4, -0.2) is 34.4 Å². The molecule has 1 N–H and O–H groups in total. The van der Waals surface area contributed by atoms with Crippen molar-refractivity contribution in [2.75, 3.05) is 12.3 Å². The summed E-state index contributed by atoms with van der Waals surface area (Å²) >= 11 is 3.82. The van der Waals surface area contributed by atoms with E-state index in [4.69, 9.17) is 0 Å². The second-order valence-corrected chi connectivity index (χ2v) is 8.36. The zero-order valence-electron chi connectivity index (χ0n) is 12.1. The Morgan fingerprint density at radius 3 is 3.00 bits per heavy atom. The number of rotatable bonds is 4. The van der Waals surface area contributed by atoms with Crippen LogP contribution in [0.2, 0.25) is 0 Å². The van der Waals surface area contributed by atoms with Gasteiger partial charge in [-0.15, -0.1) is 11.3 Å². The molecule has 0 bridgehead atoms. The molecule has 2 heterocycles. The topological polar surface area (TPSA) is 32.3 Å². The number of thiophene rings is 1. The molecule has 1 aromatic rings. The molecule has 3 unspecified atom stereocenters. The third kappa shape index (κ3) is 2.63. The number of hydrogen-bond donors (Lipinski definition) is 1. The summed E-state index contributed by atoms with van der Waals surface area (Å²) < 4.78 is 0. The predicted molar refractivity (Wildman–Crippen MR) is 86.2 cm³/mol. The number of thioether (sulfide) groups is 1. The Morgan fingerprint density at radius 2 is 2.30 bits per heavy atom. The van der Waals surface area contributed by atoms with Crippen molar-refractivity contribution in [3.05, 3.63) is 21.9 Å². The number of aryl methyl sites for hydroxylation is 1. The molecule has 1 saturated heterocycles. The van der Waals surface area contributed by atoms with Crippen molar-refractivity contribution in [1.29, 1.82) is 0 Å². The van der Waals surface area contributed by atoms with Gasteiger partial charge < -0.3 is 4.90 Å². The molecule has 1 aliphatic heterocycles. The summed E-state index contributed by atoms with van der Waals surface area (Å²) in [6.45, 7) is 4.83. The summed E-state index contributed by atoms with van der Waals surface area (Å²) in [6, 6.07) is 4.73. The summed E-state index contributed by atoms with van der Waals surface area (Å²) in [5.74, 6) is 1.41. The van der Waals surface area contributed by atoms with E-state index in [2.05, 4.69) is 36.2 Å². The second-order valence-electron chi connectivity index (χ2n) is 5.52. The normalized spacial score (nSPS) is 30.4. The van der Waals surface area contributed by atoms with Gasteiger partial charge in [-0.1, -0.05) is 13.3 Å². The third-order valence-corrected chi connectivity index (χ3v) is 6.56. The maximum atomic E-state index is 12.4. The number of carbonyl (C=O) groups is 1. The van der Waals surface area contributed by atoms with Crippen LogP contribution in [0, 0.1) is 6.92 Å². The quantitative estimate of drug-likeness (QED) is 0.927. The average Bonchev–Trinajstić information content (AvgIpc) is 3.10. The van der Waals surface area contributed by atoms with Gasteiger partial charge in [-0.05, 0) is 37.7 Å². The van der Waals surface area contributed by atoms with Crippen molar-refractivity contribution in [3.63, 3.8) is 0 Å². The van der Waals surface area contributed by atoms with Crippen LogP contribution < -0.4 is 5.32 Å². The summed E-state index contributed by atoms with van der Waals surface area (Å²) in [5, 5.41) is 4.02. The molecule has 3 nitrogen and oxygen atoms in total. The van der Waals surface area contributed by atoms with Crippen LogP contribution in [0.5, 0.6) is 0 Å². The van der Waals surface area contributed by atoms with Crippen LogP contribution >= 0.6 is 23.1 Å². The van der Waals surface area contributed by atoms with Crippen LogP contribution in [-0.2, 0) is 4.79 Å². The largest absolute Gasteiger partial charge is 0.317 e. The number of carbonyl (C=O) groups excluding carboxylic acids is 1. The van der Waals surface area contributed by atoms with E-state index in [1.807, 2.05) is 11.8 Å². The Kier molecular flexibility index (Phi) is 4.38. The summed E-state index contributed by atoms with van der Waals surface area (Å²) in [4.78, 5) is 17.1. The lowest BCUT2D eigenvalue weighted by Crippen LogP contribution is -2.42. The van der Waals surface area contributed by atoms with Gasteiger partial charge in [0.15, 0.2) is 0 Å². The van der Waals surface area contributed by atoms with Gasteiger partial charge in [0.2, 0.25) is 5.91 Å². The molecular formula is C15H22N2OS2. The minimum absolute atomic E-state index is 0.101. The Labute approximate surface area is 129 Å². The van der Waals surface area contributed by atoms with Crippen LogP contribution in [0.1, 0.15) is 42.1 Å². The van der Waals surface area contributed by atoms with Gasteiger partial charge in [-0.25, -0.2) is 0 Å². The first-order chi connectivity index (χ1) is 9.70. The van der Waals surface area contributed by atoms with E-state index < -0.39 is 0 Å². The van der Waals surface area contributed by atoms with E-state index in [-0.39, 0.29) is 12.1 Å². The summed E-state index contributed by atoms with van der Waals surface area (Å²) in [6.07, 6.45) is 3.77. The zero-order valence-corrected chi connectivity index (χ0v) is 13.7. The van der Waals surface area contributed by atoms with Gasteiger partial charge in [0, 0.05) is 21.0 Å². The zero-order chi connectivity index (χ0) is 14.1. The monoisotopic (exact) mass is 310 g/mol. The van der Waals surface area contributed by atoms with Gasteiger partial charge in [-0.2, -0.15) is 11.8 Å². The first kappa shape index (κ1) is 14.4. The number of amides is 1. The van der Waals surface area contributed by atoms with E-state index in [0.29, 0.717) is 17.8 Å². The molecule has 1 aromatic heterocycles.